The summed E-state index contributed by atoms with van der Waals surface area (Å²) in [6, 6.07) is 3.85. The summed E-state index contributed by atoms with van der Waals surface area (Å²) in [6.07, 6.45) is 4.05. The van der Waals surface area contributed by atoms with Gasteiger partial charge >= 0.3 is 0 Å². The molecule has 0 aliphatic heterocycles. The maximum absolute atomic E-state index is 14.4. The van der Waals surface area contributed by atoms with Gasteiger partial charge in [-0.15, -0.1) is 5.10 Å². The van der Waals surface area contributed by atoms with Crippen LogP contribution in [0.1, 0.15) is 56.7 Å². The van der Waals surface area contributed by atoms with E-state index in [1.165, 1.54) is 18.2 Å². The molecule has 0 saturated heterocycles. The highest BCUT2D eigenvalue weighted by Gasteiger charge is 2.32. The third-order valence-electron chi connectivity index (χ3n) is 5.11. The Balaban J connectivity index is 2.16. The highest BCUT2D eigenvalue weighted by Crippen LogP contribution is 2.47. The van der Waals surface area contributed by atoms with E-state index >= 15 is 0 Å². The normalized spacial score (nSPS) is 17.9. The first-order valence-corrected chi connectivity index (χ1v) is 8.65. The van der Waals surface area contributed by atoms with Crippen molar-refractivity contribution < 1.29 is 8.78 Å². The van der Waals surface area contributed by atoms with Crippen LogP contribution in [0.4, 0.5) is 8.78 Å². The molecular formula is C19H21ClF2N2. The first-order chi connectivity index (χ1) is 11.3. The molecule has 1 aromatic heterocycles. The van der Waals surface area contributed by atoms with Gasteiger partial charge in [-0.1, -0.05) is 31.5 Å². The van der Waals surface area contributed by atoms with Gasteiger partial charge in [0, 0.05) is 5.56 Å². The van der Waals surface area contributed by atoms with E-state index in [1.54, 1.807) is 0 Å². The van der Waals surface area contributed by atoms with Gasteiger partial charge in [0.2, 0.25) is 0 Å². The molecule has 3 rings (SSSR count). The van der Waals surface area contributed by atoms with Crippen LogP contribution < -0.4 is 0 Å². The van der Waals surface area contributed by atoms with E-state index in [2.05, 4.69) is 24.0 Å². The summed E-state index contributed by atoms with van der Waals surface area (Å²) < 4.78 is 28.7. The lowest BCUT2D eigenvalue weighted by Gasteiger charge is -2.35. The Kier molecular flexibility index (Phi) is 4.60. The number of hydrogen-bond donors (Lipinski definition) is 0. The van der Waals surface area contributed by atoms with Crippen molar-refractivity contribution in [1.29, 1.82) is 0 Å². The summed E-state index contributed by atoms with van der Waals surface area (Å²) in [7, 11) is 0. The Morgan fingerprint density at radius 2 is 1.62 bits per heavy atom. The molecule has 24 heavy (non-hydrogen) atoms. The highest BCUT2D eigenvalue weighted by molar-refractivity contribution is 6.32. The van der Waals surface area contributed by atoms with E-state index in [0.29, 0.717) is 16.7 Å². The second-order valence-electron chi connectivity index (χ2n) is 7.40. The predicted molar refractivity (Wildman–Crippen MR) is 92.1 cm³/mol. The molecule has 0 N–H and O–H groups in total. The van der Waals surface area contributed by atoms with Gasteiger partial charge in [-0.25, -0.2) is 8.78 Å². The van der Waals surface area contributed by atoms with Crippen molar-refractivity contribution in [3.63, 3.8) is 0 Å². The Morgan fingerprint density at radius 1 is 1.04 bits per heavy atom. The average molecular weight is 351 g/mol. The average Bonchev–Trinajstić information content (AvgIpc) is 2.51. The smallest absolute Gasteiger partial charge is 0.160 e. The molecule has 1 fully saturated rings. The van der Waals surface area contributed by atoms with Crippen molar-refractivity contribution in [3.8, 4) is 11.1 Å². The quantitative estimate of drug-likeness (QED) is 0.657. The minimum Gasteiger partial charge on any atom is -0.206 e. The van der Waals surface area contributed by atoms with Gasteiger partial charge < -0.3 is 0 Å². The molecule has 0 bridgehead atoms. The Hall–Kier alpha value is -1.55. The minimum atomic E-state index is -0.623. The lowest BCUT2D eigenvalue weighted by atomic mass is 9.70. The number of hydrogen-bond acceptors (Lipinski definition) is 2. The van der Waals surface area contributed by atoms with Crippen LogP contribution in [0.3, 0.4) is 0 Å². The van der Waals surface area contributed by atoms with Gasteiger partial charge in [0.1, 0.15) is 11.6 Å². The summed E-state index contributed by atoms with van der Waals surface area (Å²) in [5.74, 6) is -1.05. The molecule has 5 heteroatoms. The number of rotatable bonds is 2. The minimum absolute atomic E-state index is 0.0597. The molecule has 128 valence electrons. The Labute approximate surface area is 146 Å². The summed E-state index contributed by atoms with van der Waals surface area (Å²) in [5, 5.41) is 8.07. The zero-order valence-corrected chi connectivity index (χ0v) is 14.9. The van der Waals surface area contributed by atoms with Crippen molar-refractivity contribution in [2.45, 2.75) is 52.4 Å². The number of aromatic nitrogens is 2. The van der Waals surface area contributed by atoms with E-state index in [-0.39, 0.29) is 16.6 Å². The molecule has 2 nitrogen and oxygen atoms in total. The molecule has 1 heterocycles. The Bertz CT molecular complexity index is 744. The fourth-order valence-corrected chi connectivity index (χ4v) is 3.91. The number of halogens is 3. The van der Waals surface area contributed by atoms with Gasteiger partial charge in [-0.3, -0.25) is 0 Å². The molecule has 0 atom stereocenters. The second-order valence-corrected chi connectivity index (χ2v) is 7.76. The molecule has 1 aliphatic rings. The number of nitrogens with zero attached hydrogens (tertiary/aromatic N) is 2. The largest absolute Gasteiger partial charge is 0.206 e. The lowest BCUT2D eigenvalue weighted by molar-refractivity contribution is 0.224. The zero-order valence-electron chi connectivity index (χ0n) is 14.2. The molecular weight excluding hydrogens is 330 g/mol. The molecule has 0 unspecified atom stereocenters. The first kappa shape index (κ1) is 17.3. The molecule has 2 aromatic rings. The highest BCUT2D eigenvalue weighted by atomic mass is 35.5. The number of aryl methyl sites for hydroxylation is 1. The van der Waals surface area contributed by atoms with Gasteiger partial charge in [0.25, 0.3) is 0 Å². The molecule has 0 radical (unpaired) electrons. The van der Waals surface area contributed by atoms with Crippen LogP contribution in [-0.2, 0) is 0 Å². The third kappa shape index (κ3) is 3.16. The molecule has 1 aromatic carbocycles. The van der Waals surface area contributed by atoms with Crippen LogP contribution in [0.15, 0.2) is 18.2 Å². The second kappa shape index (κ2) is 6.40. The predicted octanol–water partition coefficient (Wildman–Crippen LogP) is 6.07. The topological polar surface area (TPSA) is 25.8 Å². The summed E-state index contributed by atoms with van der Waals surface area (Å²) in [4.78, 5) is 0. The number of benzene rings is 1. The summed E-state index contributed by atoms with van der Waals surface area (Å²) in [6.45, 7) is 6.34. The molecule has 0 amide bonds. The van der Waals surface area contributed by atoms with Crippen LogP contribution in [0.5, 0.6) is 0 Å². The fraction of sp³-hybridized carbons (Fsp3) is 0.474. The van der Waals surface area contributed by atoms with Crippen molar-refractivity contribution in [3.05, 3.63) is 46.2 Å². The molecule has 1 aliphatic carbocycles. The van der Waals surface area contributed by atoms with Gasteiger partial charge in [0.15, 0.2) is 5.15 Å². The van der Waals surface area contributed by atoms with Crippen LogP contribution >= 0.6 is 11.6 Å². The first-order valence-electron chi connectivity index (χ1n) is 8.27. The van der Waals surface area contributed by atoms with Crippen molar-refractivity contribution in [2.24, 2.45) is 5.41 Å². The van der Waals surface area contributed by atoms with Crippen molar-refractivity contribution in [2.75, 3.05) is 0 Å². The van der Waals surface area contributed by atoms with Crippen LogP contribution in [-0.4, -0.2) is 10.2 Å². The molecule has 1 saturated carbocycles. The summed E-state index contributed by atoms with van der Waals surface area (Å²) in [5.41, 5.74) is 2.11. The van der Waals surface area contributed by atoms with E-state index in [9.17, 15) is 8.78 Å². The van der Waals surface area contributed by atoms with E-state index in [0.717, 1.165) is 31.2 Å². The van der Waals surface area contributed by atoms with E-state index < -0.39 is 11.6 Å². The van der Waals surface area contributed by atoms with Crippen LogP contribution in [0.25, 0.3) is 11.1 Å². The van der Waals surface area contributed by atoms with Crippen molar-refractivity contribution in [1.82, 2.24) is 10.2 Å². The Morgan fingerprint density at radius 3 is 2.21 bits per heavy atom. The maximum Gasteiger partial charge on any atom is 0.160 e. The van der Waals surface area contributed by atoms with Crippen LogP contribution in [0.2, 0.25) is 5.15 Å². The monoisotopic (exact) mass is 350 g/mol. The third-order valence-corrected chi connectivity index (χ3v) is 5.38. The fourth-order valence-electron chi connectivity index (χ4n) is 3.68. The lowest BCUT2D eigenvalue weighted by Crippen LogP contribution is -2.21. The summed E-state index contributed by atoms with van der Waals surface area (Å²) >= 11 is 6.25. The zero-order chi connectivity index (χ0) is 17.5. The molecule has 0 spiro atoms. The van der Waals surface area contributed by atoms with Gasteiger partial charge in [-0.2, -0.15) is 5.10 Å². The van der Waals surface area contributed by atoms with Crippen LogP contribution in [0, 0.1) is 24.0 Å². The van der Waals surface area contributed by atoms with Crippen molar-refractivity contribution >= 4 is 11.6 Å². The SMILES string of the molecule is Cc1nnc(Cl)c(-c2c(F)cccc2F)c1C1CCC(C)(C)CC1. The standard InChI is InChI=1S/C19H21ClF2N2/c1-11-15(12-7-9-19(2,3)10-8-12)17(18(20)24-23-11)16-13(21)5-4-6-14(16)22/h4-6,12H,7-10H2,1-3H3. The van der Waals surface area contributed by atoms with E-state index in [1.807, 2.05) is 6.92 Å². The van der Waals surface area contributed by atoms with Gasteiger partial charge in [-0.05, 0) is 61.6 Å². The maximum atomic E-state index is 14.4. The van der Waals surface area contributed by atoms with Gasteiger partial charge in [0.05, 0.1) is 11.3 Å². The van der Waals surface area contributed by atoms with E-state index in [4.69, 9.17) is 11.6 Å².